The minimum absolute atomic E-state index is 0.135. The number of hydrogen-bond donors (Lipinski definition) is 3. The molecule has 0 bridgehead atoms. The molecule has 5 heteroatoms. The molecule has 0 aliphatic heterocycles. The summed E-state index contributed by atoms with van der Waals surface area (Å²) in [5.74, 6) is 1.47. The second kappa shape index (κ2) is 3.78. The van der Waals surface area contributed by atoms with Gasteiger partial charge in [0.25, 0.3) is 5.56 Å². The Labute approximate surface area is 86.3 Å². The minimum Gasteiger partial charge on any atom is -0.460 e. The fourth-order valence-electron chi connectivity index (χ4n) is 1.55. The molecule has 0 aliphatic carbocycles. The highest BCUT2D eigenvalue weighted by Gasteiger charge is 2.13. The molecule has 2 aromatic rings. The Kier molecular flexibility index (Phi) is 2.47. The summed E-state index contributed by atoms with van der Waals surface area (Å²) < 4.78 is 5.44. The number of hydrogen-bond acceptors (Lipinski definition) is 3. The van der Waals surface area contributed by atoms with Crippen molar-refractivity contribution in [2.45, 2.75) is 13.3 Å². The zero-order valence-corrected chi connectivity index (χ0v) is 8.46. The maximum absolute atomic E-state index is 11.4. The predicted molar refractivity (Wildman–Crippen MR) is 56.6 cm³/mol. The van der Waals surface area contributed by atoms with Gasteiger partial charge >= 0.3 is 0 Å². The van der Waals surface area contributed by atoms with Crippen molar-refractivity contribution < 1.29 is 4.42 Å². The van der Waals surface area contributed by atoms with Gasteiger partial charge in [-0.2, -0.15) is 0 Å². The van der Waals surface area contributed by atoms with E-state index in [4.69, 9.17) is 10.2 Å². The lowest BCUT2D eigenvalue weighted by atomic mass is 10.1. The van der Waals surface area contributed by atoms with Crippen molar-refractivity contribution in [3.8, 4) is 11.5 Å². The molecule has 2 rings (SSSR count). The van der Waals surface area contributed by atoms with Crippen LogP contribution in [0.2, 0.25) is 0 Å². The van der Waals surface area contributed by atoms with Crippen LogP contribution in [-0.2, 0) is 6.42 Å². The molecule has 0 amide bonds. The molecule has 5 nitrogen and oxygen atoms in total. The molecule has 0 aliphatic rings. The van der Waals surface area contributed by atoms with Gasteiger partial charge in [-0.05, 0) is 32.0 Å². The van der Waals surface area contributed by atoms with Crippen LogP contribution in [0, 0.1) is 6.92 Å². The van der Waals surface area contributed by atoms with Crippen molar-refractivity contribution >= 4 is 0 Å². The Morgan fingerprint density at radius 2 is 2.20 bits per heavy atom. The molecule has 0 atom stereocenters. The Morgan fingerprint density at radius 3 is 2.80 bits per heavy atom. The maximum Gasteiger partial charge on any atom is 0.267 e. The number of nitrogens with one attached hydrogen (secondary N) is 2. The summed E-state index contributed by atoms with van der Waals surface area (Å²) in [7, 11) is 0. The van der Waals surface area contributed by atoms with Crippen LogP contribution in [-0.4, -0.2) is 16.7 Å². The third-order valence-electron chi connectivity index (χ3n) is 2.26. The average molecular weight is 207 g/mol. The highest BCUT2D eigenvalue weighted by Crippen LogP contribution is 2.21. The first-order chi connectivity index (χ1) is 7.22. The highest BCUT2D eigenvalue weighted by molar-refractivity contribution is 5.56. The number of aromatic nitrogens is 2. The molecule has 0 saturated carbocycles. The molecule has 0 saturated heterocycles. The second-order valence-corrected chi connectivity index (χ2v) is 3.38. The van der Waals surface area contributed by atoms with E-state index >= 15 is 0 Å². The number of aromatic amines is 2. The van der Waals surface area contributed by atoms with Crippen molar-refractivity contribution in [2.75, 3.05) is 6.54 Å². The van der Waals surface area contributed by atoms with Crippen LogP contribution in [0.4, 0.5) is 0 Å². The number of H-pyrrole nitrogens is 2. The Balaban J connectivity index is 2.48. The molecule has 0 unspecified atom stereocenters. The van der Waals surface area contributed by atoms with Gasteiger partial charge in [0.1, 0.15) is 11.5 Å². The normalized spacial score (nSPS) is 10.8. The van der Waals surface area contributed by atoms with Crippen molar-refractivity contribution in [1.82, 2.24) is 10.2 Å². The quantitative estimate of drug-likeness (QED) is 0.694. The summed E-state index contributed by atoms with van der Waals surface area (Å²) >= 11 is 0. The van der Waals surface area contributed by atoms with E-state index < -0.39 is 0 Å². The van der Waals surface area contributed by atoms with E-state index in [1.165, 1.54) is 0 Å². The fourth-order valence-corrected chi connectivity index (χ4v) is 1.55. The molecule has 80 valence electrons. The van der Waals surface area contributed by atoms with Crippen molar-refractivity contribution in [1.29, 1.82) is 0 Å². The lowest BCUT2D eigenvalue weighted by Crippen LogP contribution is -2.12. The van der Waals surface area contributed by atoms with E-state index in [2.05, 4.69) is 10.2 Å². The van der Waals surface area contributed by atoms with E-state index in [0.29, 0.717) is 30.0 Å². The Morgan fingerprint density at radius 1 is 1.40 bits per heavy atom. The van der Waals surface area contributed by atoms with Crippen LogP contribution in [0.15, 0.2) is 21.3 Å². The number of aryl methyl sites for hydroxylation is 1. The van der Waals surface area contributed by atoms with Crippen LogP contribution in [0.25, 0.3) is 11.5 Å². The van der Waals surface area contributed by atoms with Crippen molar-refractivity contribution in [3.63, 3.8) is 0 Å². The average Bonchev–Trinajstić information content (AvgIpc) is 2.76. The smallest absolute Gasteiger partial charge is 0.267 e. The van der Waals surface area contributed by atoms with Crippen LogP contribution < -0.4 is 11.3 Å². The molecule has 4 N–H and O–H groups in total. The molecule has 0 aromatic carbocycles. The first kappa shape index (κ1) is 9.79. The van der Waals surface area contributed by atoms with E-state index in [1.54, 1.807) is 0 Å². The topological polar surface area (TPSA) is 87.8 Å². The fraction of sp³-hybridized carbons (Fsp3) is 0.300. The Bertz CT molecular complexity index is 507. The first-order valence-electron chi connectivity index (χ1n) is 4.78. The molecule has 0 fully saturated rings. The first-order valence-corrected chi connectivity index (χ1v) is 4.78. The summed E-state index contributed by atoms with van der Waals surface area (Å²) in [6, 6.07) is 3.68. The van der Waals surface area contributed by atoms with Gasteiger partial charge in [-0.25, -0.2) is 0 Å². The molecular weight excluding hydrogens is 194 g/mol. The molecule has 2 aromatic heterocycles. The summed E-state index contributed by atoms with van der Waals surface area (Å²) in [5, 5.41) is 5.34. The molecular formula is C10H13N3O2. The van der Waals surface area contributed by atoms with E-state index in [1.807, 2.05) is 19.1 Å². The largest absolute Gasteiger partial charge is 0.460 e. The van der Waals surface area contributed by atoms with Gasteiger partial charge in [0.05, 0.1) is 0 Å². The van der Waals surface area contributed by atoms with E-state index in [-0.39, 0.29) is 5.56 Å². The van der Waals surface area contributed by atoms with E-state index in [0.717, 1.165) is 5.76 Å². The summed E-state index contributed by atoms with van der Waals surface area (Å²) in [5.41, 5.74) is 6.65. The SMILES string of the molecule is Cc1ccc(-c2[nH][nH]c(=O)c2CCN)o1. The van der Waals surface area contributed by atoms with Crippen molar-refractivity contribution in [2.24, 2.45) is 5.73 Å². The maximum atomic E-state index is 11.4. The summed E-state index contributed by atoms with van der Waals surface area (Å²) in [4.78, 5) is 11.4. The molecule has 2 heterocycles. The molecule has 15 heavy (non-hydrogen) atoms. The number of rotatable bonds is 3. The monoisotopic (exact) mass is 207 g/mol. The zero-order chi connectivity index (χ0) is 10.8. The summed E-state index contributed by atoms with van der Waals surface area (Å²) in [6.45, 7) is 2.30. The highest BCUT2D eigenvalue weighted by atomic mass is 16.3. The van der Waals surface area contributed by atoms with Gasteiger partial charge in [0.15, 0.2) is 5.76 Å². The van der Waals surface area contributed by atoms with Crippen LogP contribution in [0.5, 0.6) is 0 Å². The number of nitrogens with two attached hydrogens (primary N) is 1. The minimum atomic E-state index is -0.135. The third kappa shape index (κ3) is 1.73. The third-order valence-corrected chi connectivity index (χ3v) is 2.26. The van der Waals surface area contributed by atoms with Crippen molar-refractivity contribution in [3.05, 3.63) is 33.8 Å². The van der Waals surface area contributed by atoms with Crippen LogP contribution in [0.3, 0.4) is 0 Å². The van der Waals surface area contributed by atoms with Gasteiger partial charge in [-0.3, -0.25) is 15.0 Å². The molecule has 0 spiro atoms. The van der Waals surface area contributed by atoms with Gasteiger partial charge in [0, 0.05) is 5.56 Å². The van der Waals surface area contributed by atoms with Gasteiger partial charge in [-0.1, -0.05) is 0 Å². The lowest BCUT2D eigenvalue weighted by molar-refractivity contribution is 0.545. The van der Waals surface area contributed by atoms with Crippen LogP contribution >= 0.6 is 0 Å². The van der Waals surface area contributed by atoms with Gasteiger partial charge < -0.3 is 10.2 Å². The second-order valence-electron chi connectivity index (χ2n) is 3.38. The van der Waals surface area contributed by atoms with E-state index in [9.17, 15) is 4.79 Å². The summed E-state index contributed by atoms with van der Waals surface area (Å²) in [6.07, 6.45) is 0.536. The van der Waals surface area contributed by atoms with Gasteiger partial charge in [0.2, 0.25) is 0 Å². The zero-order valence-electron chi connectivity index (χ0n) is 8.46. The lowest BCUT2D eigenvalue weighted by Gasteiger charge is -1.96. The van der Waals surface area contributed by atoms with Crippen LogP contribution in [0.1, 0.15) is 11.3 Å². The standard InChI is InChI=1S/C10H13N3O2/c1-6-2-3-8(15-6)9-7(4-5-11)10(14)13-12-9/h2-3H,4-5,11H2,1H3,(H2,12,13,14). The van der Waals surface area contributed by atoms with Gasteiger partial charge in [-0.15, -0.1) is 0 Å². The molecule has 0 radical (unpaired) electrons. The number of furan rings is 1. The Hall–Kier alpha value is -1.75. The predicted octanol–water partition coefficient (Wildman–Crippen LogP) is 0.773.